The molecule has 1 aliphatic rings. The molecule has 1 amide bonds. The minimum Gasteiger partial charge on any atom is -0.352 e. The Morgan fingerprint density at radius 3 is 3.00 bits per heavy atom. The number of carbonyl (C=O) groups is 1. The second-order valence-electron chi connectivity index (χ2n) is 6.53. The average Bonchev–Trinajstić information content (AvgIpc) is 2.90. The summed E-state index contributed by atoms with van der Waals surface area (Å²) < 4.78 is 4.19. The molecule has 2 aromatic heterocycles. The molecule has 2 unspecified atom stereocenters. The number of nitrogens with zero attached hydrogens (tertiary/aromatic N) is 3. The first-order valence-electron chi connectivity index (χ1n) is 8.50. The highest BCUT2D eigenvalue weighted by Crippen LogP contribution is 2.23. The summed E-state index contributed by atoms with van der Waals surface area (Å²) in [6.07, 6.45) is 7.65. The van der Waals surface area contributed by atoms with Crippen LogP contribution in [0.1, 0.15) is 32.6 Å². The van der Waals surface area contributed by atoms with Crippen LogP contribution >= 0.6 is 23.6 Å². The summed E-state index contributed by atoms with van der Waals surface area (Å²) >= 11 is 6.52. The molecule has 2 aromatic rings. The number of thiazole rings is 1. The van der Waals surface area contributed by atoms with Gasteiger partial charge in [-0.2, -0.15) is 0 Å². The Labute approximate surface area is 155 Å². The number of nitrogens with one attached hydrogen (secondary N) is 1. The standard InChI is InChI=1S/C17H22N4O2S2/c1-3-8-21-15-14(25-17(21)24)16(23)20(10-18-15)9-13(22)19-12-7-5-4-6-11(12)2/h3,10-12H,1,4-9H2,2H3,(H,19,22). The molecule has 0 aliphatic heterocycles. The van der Waals surface area contributed by atoms with Crippen LogP contribution in [0.4, 0.5) is 0 Å². The second kappa shape index (κ2) is 7.61. The molecule has 0 saturated heterocycles. The van der Waals surface area contributed by atoms with Gasteiger partial charge in [0.1, 0.15) is 17.6 Å². The second-order valence-corrected chi connectivity index (χ2v) is 8.18. The van der Waals surface area contributed by atoms with E-state index in [0.717, 1.165) is 19.3 Å². The summed E-state index contributed by atoms with van der Waals surface area (Å²) in [6.45, 7) is 6.36. The summed E-state index contributed by atoms with van der Waals surface area (Å²) in [5.41, 5.74) is 0.327. The van der Waals surface area contributed by atoms with E-state index in [1.807, 2.05) is 0 Å². The molecule has 1 fully saturated rings. The Kier molecular flexibility index (Phi) is 5.48. The van der Waals surface area contributed by atoms with Gasteiger partial charge in [0, 0.05) is 12.6 Å². The first kappa shape index (κ1) is 18.0. The molecule has 0 radical (unpaired) electrons. The van der Waals surface area contributed by atoms with Crippen molar-refractivity contribution < 1.29 is 4.79 Å². The van der Waals surface area contributed by atoms with Crippen molar-refractivity contribution >= 4 is 39.8 Å². The van der Waals surface area contributed by atoms with Crippen molar-refractivity contribution in [3.8, 4) is 0 Å². The fourth-order valence-corrected chi connectivity index (χ4v) is 4.63. The first-order valence-corrected chi connectivity index (χ1v) is 9.72. The highest BCUT2D eigenvalue weighted by Gasteiger charge is 2.23. The van der Waals surface area contributed by atoms with Crippen LogP contribution in [-0.2, 0) is 17.9 Å². The van der Waals surface area contributed by atoms with Crippen molar-refractivity contribution in [3.63, 3.8) is 0 Å². The number of rotatable bonds is 5. The fourth-order valence-electron chi connectivity index (χ4n) is 3.31. The third-order valence-corrected chi connectivity index (χ3v) is 6.15. The molecule has 2 atom stereocenters. The van der Waals surface area contributed by atoms with E-state index in [1.165, 1.54) is 28.7 Å². The molecule has 8 heteroatoms. The van der Waals surface area contributed by atoms with E-state index < -0.39 is 0 Å². The highest BCUT2D eigenvalue weighted by atomic mass is 32.1. The fraction of sp³-hybridized carbons (Fsp3) is 0.529. The number of hydrogen-bond acceptors (Lipinski definition) is 5. The normalized spacial score (nSPS) is 20.5. The number of carbonyl (C=O) groups excluding carboxylic acids is 1. The van der Waals surface area contributed by atoms with Crippen molar-refractivity contribution in [2.24, 2.45) is 5.92 Å². The van der Waals surface area contributed by atoms with Gasteiger partial charge in [-0.1, -0.05) is 37.2 Å². The van der Waals surface area contributed by atoms with E-state index in [4.69, 9.17) is 12.2 Å². The molecule has 1 saturated carbocycles. The maximum Gasteiger partial charge on any atom is 0.273 e. The largest absolute Gasteiger partial charge is 0.352 e. The molecule has 134 valence electrons. The number of aromatic nitrogens is 3. The van der Waals surface area contributed by atoms with E-state index >= 15 is 0 Å². The molecule has 6 nitrogen and oxygen atoms in total. The van der Waals surface area contributed by atoms with E-state index in [2.05, 4.69) is 23.8 Å². The van der Waals surface area contributed by atoms with Crippen LogP contribution in [0.3, 0.4) is 0 Å². The van der Waals surface area contributed by atoms with E-state index in [1.54, 1.807) is 10.6 Å². The van der Waals surface area contributed by atoms with Crippen LogP contribution in [-0.4, -0.2) is 26.1 Å². The van der Waals surface area contributed by atoms with Gasteiger partial charge in [0.2, 0.25) is 5.91 Å². The summed E-state index contributed by atoms with van der Waals surface area (Å²) in [6, 6.07) is 0.198. The molecule has 3 rings (SSSR count). The topological polar surface area (TPSA) is 68.9 Å². The smallest absolute Gasteiger partial charge is 0.273 e. The zero-order valence-corrected chi connectivity index (χ0v) is 15.9. The first-order chi connectivity index (χ1) is 12.0. The third kappa shape index (κ3) is 3.74. The Morgan fingerprint density at radius 2 is 2.28 bits per heavy atom. The molecular formula is C17H22N4O2S2. The van der Waals surface area contributed by atoms with Gasteiger partial charge in [-0.05, 0) is 31.0 Å². The Balaban J connectivity index is 1.81. The van der Waals surface area contributed by atoms with Gasteiger partial charge in [0.15, 0.2) is 9.60 Å². The molecule has 25 heavy (non-hydrogen) atoms. The van der Waals surface area contributed by atoms with Gasteiger partial charge in [-0.25, -0.2) is 4.98 Å². The number of hydrogen-bond donors (Lipinski definition) is 1. The quantitative estimate of drug-likeness (QED) is 0.642. The van der Waals surface area contributed by atoms with Crippen LogP contribution in [0.15, 0.2) is 23.8 Å². The highest BCUT2D eigenvalue weighted by molar-refractivity contribution is 7.73. The molecule has 1 N–H and O–H groups in total. The number of fused-ring (bicyclic) bond motifs is 1. The predicted octanol–water partition coefficient (Wildman–Crippen LogP) is 2.87. The zero-order chi connectivity index (χ0) is 18.0. The van der Waals surface area contributed by atoms with Crippen molar-refractivity contribution in [2.45, 2.75) is 51.7 Å². The summed E-state index contributed by atoms with van der Waals surface area (Å²) in [4.78, 5) is 29.4. The lowest BCUT2D eigenvalue weighted by molar-refractivity contribution is -0.123. The van der Waals surface area contributed by atoms with E-state index in [9.17, 15) is 9.59 Å². The Bertz CT molecular complexity index is 911. The molecule has 0 aromatic carbocycles. The van der Waals surface area contributed by atoms with Crippen LogP contribution in [0.5, 0.6) is 0 Å². The minimum absolute atomic E-state index is 0.0168. The zero-order valence-electron chi connectivity index (χ0n) is 14.2. The average molecular weight is 379 g/mol. The van der Waals surface area contributed by atoms with E-state index in [0.29, 0.717) is 26.8 Å². The van der Waals surface area contributed by atoms with Crippen LogP contribution in [0, 0.1) is 9.87 Å². The lowest BCUT2D eigenvalue weighted by Gasteiger charge is -2.29. The van der Waals surface area contributed by atoms with Crippen molar-refractivity contribution in [3.05, 3.63) is 33.3 Å². The van der Waals surface area contributed by atoms with Crippen LogP contribution < -0.4 is 10.9 Å². The number of allylic oxidation sites excluding steroid dienone is 1. The molecule has 0 bridgehead atoms. The SMILES string of the molecule is C=CCn1c(=S)sc2c(=O)n(CC(=O)NC3CCCCC3C)cnc21. The maximum atomic E-state index is 12.7. The van der Waals surface area contributed by atoms with Gasteiger partial charge in [0.05, 0.1) is 0 Å². The molecule has 1 aliphatic carbocycles. The molecular weight excluding hydrogens is 356 g/mol. The van der Waals surface area contributed by atoms with Crippen molar-refractivity contribution in [2.75, 3.05) is 0 Å². The van der Waals surface area contributed by atoms with Crippen molar-refractivity contribution in [1.29, 1.82) is 0 Å². The number of amides is 1. The predicted molar refractivity (Wildman–Crippen MR) is 102 cm³/mol. The lowest BCUT2D eigenvalue weighted by atomic mass is 9.86. The van der Waals surface area contributed by atoms with Gasteiger partial charge < -0.3 is 9.88 Å². The molecule has 2 heterocycles. The Hall–Kier alpha value is -1.80. The van der Waals surface area contributed by atoms with Gasteiger partial charge >= 0.3 is 0 Å². The Morgan fingerprint density at radius 1 is 1.52 bits per heavy atom. The summed E-state index contributed by atoms with van der Waals surface area (Å²) in [7, 11) is 0. The summed E-state index contributed by atoms with van der Waals surface area (Å²) in [5, 5.41) is 3.07. The molecule has 0 spiro atoms. The minimum atomic E-state index is -0.226. The van der Waals surface area contributed by atoms with Crippen LogP contribution in [0.25, 0.3) is 10.3 Å². The monoisotopic (exact) mass is 378 g/mol. The van der Waals surface area contributed by atoms with Gasteiger partial charge in [-0.3, -0.25) is 14.2 Å². The van der Waals surface area contributed by atoms with Crippen LogP contribution in [0.2, 0.25) is 0 Å². The third-order valence-electron chi connectivity index (χ3n) is 4.73. The lowest BCUT2D eigenvalue weighted by Crippen LogP contribution is -2.43. The van der Waals surface area contributed by atoms with Gasteiger partial charge in [-0.15, -0.1) is 6.58 Å². The van der Waals surface area contributed by atoms with Crippen molar-refractivity contribution in [1.82, 2.24) is 19.4 Å². The summed E-state index contributed by atoms with van der Waals surface area (Å²) in [5.74, 6) is 0.337. The van der Waals surface area contributed by atoms with Gasteiger partial charge in [0.25, 0.3) is 5.56 Å². The maximum absolute atomic E-state index is 12.7. The van der Waals surface area contributed by atoms with E-state index in [-0.39, 0.29) is 24.1 Å².